The summed E-state index contributed by atoms with van der Waals surface area (Å²) in [5.74, 6) is -1.61. The van der Waals surface area contributed by atoms with Crippen LogP contribution in [0.1, 0.15) is 29.3 Å². The first-order valence-corrected chi connectivity index (χ1v) is 6.41. The minimum Gasteiger partial charge on any atom is -0.381 e. The first kappa shape index (κ1) is 14.2. The molecule has 0 radical (unpaired) electrons. The lowest BCUT2D eigenvalue weighted by Gasteiger charge is -2.07. The van der Waals surface area contributed by atoms with E-state index in [0.717, 1.165) is 17.8 Å². The van der Waals surface area contributed by atoms with Gasteiger partial charge in [0.1, 0.15) is 0 Å². The number of carbonyl (C=O) groups is 1. The summed E-state index contributed by atoms with van der Waals surface area (Å²) in [5, 5.41) is 3.09. The minimum atomic E-state index is -0.854. The number of nitrogens with one attached hydrogen (secondary N) is 1. The van der Waals surface area contributed by atoms with Crippen molar-refractivity contribution in [1.82, 2.24) is 0 Å². The van der Waals surface area contributed by atoms with Crippen molar-refractivity contribution in [2.45, 2.75) is 19.9 Å². The molecule has 2 rings (SSSR count). The van der Waals surface area contributed by atoms with Gasteiger partial charge in [0.2, 0.25) is 0 Å². The molecule has 0 aliphatic heterocycles. The second-order valence-electron chi connectivity index (χ2n) is 4.46. The molecule has 0 aliphatic carbocycles. The molecule has 0 heterocycles. The van der Waals surface area contributed by atoms with Crippen LogP contribution in [0.15, 0.2) is 42.5 Å². The Hall–Kier alpha value is -2.23. The first-order chi connectivity index (χ1) is 9.60. The van der Waals surface area contributed by atoms with Gasteiger partial charge in [0.05, 0.1) is 0 Å². The van der Waals surface area contributed by atoms with Gasteiger partial charge in [-0.15, -0.1) is 0 Å². The van der Waals surface area contributed by atoms with Crippen molar-refractivity contribution in [2.24, 2.45) is 0 Å². The van der Waals surface area contributed by atoms with Crippen molar-refractivity contribution in [3.8, 4) is 0 Å². The molecule has 0 aliphatic rings. The lowest BCUT2D eigenvalue weighted by molar-refractivity contribution is 0.0988. The predicted octanol–water partition coefficient (Wildman–Crippen LogP) is 4.17. The third-order valence-corrected chi connectivity index (χ3v) is 3.01. The van der Waals surface area contributed by atoms with Gasteiger partial charge in [-0.05, 0) is 42.0 Å². The number of halogens is 2. The SMILES string of the molecule is CCC(=O)c1ccc(NCc2ccc(F)c(F)c2)cc1. The Kier molecular flexibility index (Phi) is 4.45. The molecule has 2 aromatic rings. The van der Waals surface area contributed by atoms with Crippen molar-refractivity contribution >= 4 is 11.5 Å². The second-order valence-corrected chi connectivity index (χ2v) is 4.46. The lowest BCUT2D eigenvalue weighted by Crippen LogP contribution is -2.01. The molecule has 0 spiro atoms. The lowest BCUT2D eigenvalue weighted by atomic mass is 10.1. The molecule has 1 N–H and O–H groups in total. The van der Waals surface area contributed by atoms with Gasteiger partial charge < -0.3 is 5.32 Å². The van der Waals surface area contributed by atoms with Gasteiger partial charge in [-0.3, -0.25) is 4.79 Å². The summed E-state index contributed by atoms with van der Waals surface area (Å²) < 4.78 is 25.8. The Morgan fingerprint density at radius 2 is 1.75 bits per heavy atom. The highest BCUT2D eigenvalue weighted by atomic mass is 19.2. The summed E-state index contributed by atoms with van der Waals surface area (Å²) >= 11 is 0. The van der Waals surface area contributed by atoms with Crippen molar-refractivity contribution in [1.29, 1.82) is 0 Å². The van der Waals surface area contributed by atoms with Gasteiger partial charge in [-0.2, -0.15) is 0 Å². The molecule has 0 saturated heterocycles. The van der Waals surface area contributed by atoms with Crippen molar-refractivity contribution in [3.63, 3.8) is 0 Å². The number of Topliss-reactive ketones (excluding diaryl/α,β-unsaturated/α-hetero) is 1. The van der Waals surface area contributed by atoms with Crippen LogP contribution in [0, 0.1) is 11.6 Å². The van der Waals surface area contributed by atoms with Crippen LogP contribution in [-0.4, -0.2) is 5.78 Å². The highest BCUT2D eigenvalue weighted by Gasteiger charge is 2.04. The maximum absolute atomic E-state index is 13.0. The van der Waals surface area contributed by atoms with Gasteiger partial charge in [-0.25, -0.2) is 8.78 Å². The highest BCUT2D eigenvalue weighted by molar-refractivity contribution is 5.96. The molecule has 104 valence electrons. The molecule has 0 fully saturated rings. The predicted molar refractivity (Wildman–Crippen MR) is 74.7 cm³/mol. The van der Waals surface area contributed by atoms with Gasteiger partial charge in [0.25, 0.3) is 0 Å². The number of hydrogen-bond acceptors (Lipinski definition) is 2. The average Bonchev–Trinajstić information content (AvgIpc) is 2.48. The fraction of sp³-hybridized carbons (Fsp3) is 0.188. The van der Waals surface area contributed by atoms with E-state index in [0.29, 0.717) is 24.1 Å². The van der Waals surface area contributed by atoms with E-state index in [2.05, 4.69) is 5.32 Å². The Morgan fingerprint density at radius 1 is 1.05 bits per heavy atom. The number of benzene rings is 2. The molecular weight excluding hydrogens is 260 g/mol. The normalized spacial score (nSPS) is 10.3. The van der Waals surface area contributed by atoms with Crippen molar-refractivity contribution in [2.75, 3.05) is 5.32 Å². The number of carbonyl (C=O) groups excluding carboxylic acids is 1. The molecule has 20 heavy (non-hydrogen) atoms. The zero-order valence-corrected chi connectivity index (χ0v) is 11.1. The molecule has 0 aromatic heterocycles. The summed E-state index contributed by atoms with van der Waals surface area (Å²) in [5.41, 5.74) is 2.14. The Morgan fingerprint density at radius 3 is 2.35 bits per heavy atom. The fourth-order valence-corrected chi connectivity index (χ4v) is 1.83. The van der Waals surface area contributed by atoms with Crippen LogP contribution in [0.4, 0.5) is 14.5 Å². The van der Waals surface area contributed by atoms with Gasteiger partial charge >= 0.3 is 0 Å². The summed E-state index contributed by atoms with van der Waals surface area (Å²) in [6.07, 6.45) is 0.474. The smallest absolute Gasteiger partial charge is 0.162 e. The highest BCUT2D eigenvalue weighted by Crippen LogP contribution is 2.14. The average molecular weight is 275 g/mol. The summed E-state index contributed by atoms with van der Waals surface area (Å²) in [6, 6.07) is 10.9. The van der Waals surface area contributed by atoms with E-state index in [1.807, 2.05) is 6.92 Å². The molecule has 4 heteroatoms. The third-order valence-electron chi connectivity index (χ3n) is 3.01. The molecular formula is C16H15F2NO. The Bertz CT molecular complexity index is 608. The quantitative estimate of drug-likeness (QED) is 0.830. The van der Waals surface area contributed by atoms with Crippen LogP contribution in [0.2, 0.25) is 0 Å². The largest absolute Gasteiger partial charge is 0.381 e. The van der Waals surface area contributed by atoms with E-state index in [9.17, 15) is 13.6 Å². The summed E-state index contributed by atoms with van der Waals surface area (Å²) in [4.78, 5) is 11.5. The molecule has 0 amide bonds. The van der Waals surface area contributed by atoms with E-state index in [1.165, 1.54) is 6.07 Å². The topological polar surface area (TPSA) is 29.1 Å². The molecule has 0 bridgehead atoms. The molecule has 2 nitrogen and oxygen atoms in total. The zero-order chi connectivity index (χ0) is 14.5. The van der Waals surface area contributed by atoms with Crippen LogP contribution >= 0.6 is 0 Å². The van der Waals surface area contributed by atoms with Crippen LogP contribution < -0.4 is 5.32 Å². The maximum atomic E-state index is 13.0. The Balaban J connectivity index is 2.00. The summed E-state index contributed by atoms with van der Waals surface area (Å²) in [7, 11) is 0. The monoisotopic (exact) mass is 275 g/mol. The van der Waals surface area contributed by atoms with E-state index in [-0.39, 0.29) is 5.78 Å². The van der Waals surface area contributed by atoms with Crippen LogP contribution in [0.5, 0.6) is 0 Å². The molecule has 2 aromatic carbocycles. The van der Waals surface area contributed by atoms with E-state index >= 15 is 0 Å². The van der Waals surface area contributed by atoms with Gasteiger partial charge in [-0.1, -0.05) is 13.0 Å². The van der Waals surface area contributed by atoms with E-state index < -0.39 is 11.6 Å². The van der Waals surface area contributed by atoms with Gasteiger partial charge in [0.15, 0.2) is 17.4 Å². The zero-order valence-electron chi connectivity index (χ0n) is 11.1. The fourth-order valence-electron chi connectivity index (χ4n) is 1.83. The van der Waals surface area contributed by atoms with Crippen LogP contribution in [0.3, 0.4) is 0 Å². The second kappa shape index (κ2) is 6.28. The number of rotatable bonds is 5. The van der Waals surface area contributed by atoms with E-state index in [4.69, 9.17) is 0 Å². The molecule has 0 saturated carbocycles. The maximum Gasteiger partial charge on any atom is 0.162 e. The van der Waals surface area contributed by atoms with Crippen molar-refractivity contribution < 1.29 is 13.6 Å². The Labute approximate surface area is 116 Å². The van der Waals surface area contributed by atoms with Crippen LogP contribution in [0.25, 0.3) is 0 Å². The standard InChI is InChI=1S/C16H15F2NO/c1-2-16(20)12-4-6-13(7-5-12)19-10-11-3-8-14(17)15(18)9-11/h3-9,19H,2,10H2,1H3. The molecule has 0 atom stereocenters. The van der Waals surface area contributed by atoms with Crippen LogP contribution in [-0.2, 0) is 6.54 Å². The molecule has 0 unspecified atom stereocenters. The van der Waals surface area contributed by atoms with Crippen molar-refractivity contribution in [3.05, 3.63) is 65.2 Å². The third kappa shape index (κ3) is 3.41. The van der Waals surface area contributed by atoms with E-state index in [1.54, 1.807) is 24.3 Å². The first-order valence-electron chi connectivity index (χ1n) is 6.41. The van der Waals surface area contributed by atoms with Gasteiger partial charge in [0, 0.05) is 24.2 Å². The number of ketones is 1. The minimum absolute atomic E-state index is 0.0946. The number of hydrogen-bond donors (Lipinski definition) is 1. The summed E-state index contributed by atoms with van der Waals surface area (Å²) in [6.45, 7) is 2.20. The number of anilines is 1.